The van der Waals surface area contributed by atoms with Gasteiger partial charge in [0, 0.05) is 27.7 Å². The number of aromatic nitrogens is 1. The molecular formula is C24H21ClN3O2S2+. The lowest BCUT2D eigenvalue weighted by Crippen LogP contribution is -2.45. The second-order valence-corrected chi connectivity index (χ2v) is 11.4. The van der Waals surface area contributed by atoms with E-state index >= 15 is 0 Å². The molecule has 0 unspecified atom stereocenters. The van der Waals surface area contributed by atoms with Gasteiger partial charge in [-0.3, -0.25) is 4.98 Å². The predicted molar refractivity (Wildman–Crippen MR) is 130 cm³/mol. The number of fused-ring (bicyclic) bond motifs is 1. The Bertz CT molecular complexity index is 1390. The fraction of sp³-hybridized carbons (Fsp3) is 0.167. The molecule has 1 aliphatic rings. The molecule has 8 heteroatoms. The molecule has 0 N–H and O–H groups in total. The number of pyridine rings is 1. The maximum atomic E-state index is 13.1. The van der Waals surface area contributed by atoms with Crippen LogP contribution in [0.3, 0.4) is 0 Å². The third kappa shape index (κ3) is 4.34. The number of halogens is 1. The SMILES string of the molecule is O=S(=O)(c1cc2ccc(Cl)cc2s1)N1CC[N+](=Cc2ccc(-c3ccncc3)cc2)CC1. The van der Waals surface area contributed by atoms with E-state index < -0.39 is 10.0 Å². The van der Waals surface area contributed by atoms with Crippen LogP contribution in [0.4, 0.5) is 0 Å². The highest BCUT2D eigenvalue weighted by molar-refractivity contribution is 7.91. The molecule has 1 aliphatic heterocycles. The summed E-state index contributed by atoms with van der Waals surface area (Å²) >= 11 is 7.32. The second kappa shape index (κ2) is 8.75. The molecule has 2 aromatic heterocycles. The fourth-order valence-corrected chi connectivity index (χ4v) is 7.08. The third-order valence-corrected chi connectivity index (χ3v) is 9.26. The molecule has 0 radical (unpaired) electrons. The minimum atomic E-state index is -3.51. The van der Waals surface area contributed by atoms with Gasteiger partial charge >= 0.3 is 0 Å². The van der Waals surface area contributed by atoms with E-state index in [1.807, 2.05) is 24.3 Å². The fourth-order valence-electron chi connectivity index (χ4n) is 3.82. The van der Waals surface area contributed by atoms with E-state index in [2.05, 4.69) is 40.0 Å². The molecular weight excluding hydrogens is 462 g/mol. The smallest absolute Gasteiger partial charge is 0.253 e. The van der Waals surface area contributed by atoms with Crippen molar-refractivity contribution in [3.05, 3.63) is 83.6 Å². The first kappa shape index (κ1) is 21.3. The highest BCUT2D eigenvalue weighted by Crippen LogP contribution is 2.32. The summed E-state index contributed by atoms with van der Waals surface area (Å²) < 4.78 is 31.3. The standard InChI is InChI=1S/C24H21ClN3O2S2/c25-22-6-5-21-15-24(31-23(21)16-22)32(29,30)28-13-11-27(12-14-28)17-18-1-3-19(4-2-18)20-7-9-26-10-8-20/h1-10,15-17H,11-14H2/q+1. The van der Waals surface area contributed by atoms with Crippen molar-refractivity contribution in [2.45, 2.75) is 4.21 Å². The number of piperazine rings is 1. The maximum absolute atomic E-state index is 13.1. The molecule has 162 valence electrons. The number of thiophene rings is 1. The van der Waals surface area contributed by atoms with Crippen molar-refractivity contribution in [3.63, 3.8) is 0 Å². The largest absolute Gasteiger partial charge is 0.265 e. The Balaban J connectivity index is 1.28. The molecule has 3 heterocycles. The van der Waals surface area contributed by atoms with Gasteiger partial charge in [-0.1, -0.05) is 29.8 Å². The van der Waals surface area contributed by atoms with Crippen molar-refractivity contribution >= 4 is 49.3 Å². The molecule has 0 bridgehead atoms. The molecule has 0 spiro atoms. The molecule has 4 aromatic rings. The Morgan fingerprint density at radius 2 is 1.62 bits per heavy atom. The van der Waals surface area contributed by atoms with Crippen molar-refractivity contribution in [1.82, 2.24) is 9.29 Å². The monoisotopic (exact) mass is 482 g/mol. The zero-order chi connectivity index (χ0) is 22.1. The first-order chi connectivity index (χ1) is 15.5. The summed E-state index contributed by atoms with van der Waals surface area (Å²) in [4.78, 5) is 4.06. The summed E-state index contributed by atoms with van der Waals surface area (Å²) in [5.41, 5.74) is 3.37. The quantitative estimate of drug-likeness (QED) is 0.394. The van der Waals surface area contributed by atoms with Crippen LogP contribution in [0.2, 0.25) is 5.02 Å². The molecule has 5 rings (SSSR count). The summed E-state index contributed by atoms with van der Waals surface area (Å²) in [6.45, 7) is 2.23. The Kier molecular flexibility index (Phi) is 5.82. The van der Waals surface area contributed by atoms with Gasteiger partial charge in [-0.2, -0.15) is 4.31 Å². The van der Waals surface area contributed by atoms with Gasteiger partial charge in [0.15, 0.2) is 19.3 Å². The van der Waals surface area contributed by atoms with Crippen LogP contribution in [0.5, 0.6) is 0 Å². The van der Waals surface area contributed by atoms with Crippen LogP contribution in [-0.2, 0) is 10.0 Å². The van der Waals surface area contributed by atoms with Gasteiger partial charge < -0.3 is 0 Å². The van der Waals surface area contributed by atoms with Crippen molar-refractivity contribution < 1.29 is 13.0 Å². The molecule has 1 fully saturated rings. The van der Waals surface area contributed by atoms with Crippen LogP contribution < -0.4 is 0 Å². The Morgan fingerprint density at radius 1 is 0.938 bits per heavy atom. The lowest BCUT2D eigenvalue weighted by atomic mass is 10.1. The molecule has 1 saturated heterocycles. The van der Waals surface area contributed by atoms with Crippen molar-refractivity contribution in [2.75, 3.05) is 26.2 Å². The highest BCUT2D eigenvalue weighted by atomic mass is 35.5. The average Bonchev–Trinajstić information content (AvgIpc) is 3.25. The van der Waals surface area contributed by atoms with Gasteiger partial charge in [0.2, 0.25) is 0 Å². The van der Waals surface area contributed by atoms with Crippen LogP contribution in [0.25, 0.3) is 21.2 Å². The lowest BCUT2D eigenvalue weighted by Gasteiger charge is -2.24. The number of rotatable bonds is 4. The van der Waals surface area contributed by atoms with E-state index in [0.717, 1.165) is 26.8 Å². The molecule has 2 aromatic carbocycles. The molecule has 5 nitrogen and oxygen atoms in total. The summed E-state index contributed by atoms with van der Waals surface area (Å²) in [7, 11) is -3.51. The summed E-state index contributed by atoms with van der Waals surface area (Å²) in [5, 5.41) is 1.52. The highest BCUT2D eigenvalue weighted by Gasteiger charge is 2.31. The van der Waals surface area contributed by atoms with E-state index in [0.29, 0.717) is 35.4 Å². The summed E-state index contributed by atoms with van der Waals surface area (Å²) in [5.74, 6) is 0. The maximum Gasteiger partial charge on any atom is 0.253 e. The van der Waals surface area contributed by atoms with Gasteiger partial charge in [-0.15, -0.1) is 11.3 Å². The van der Waals surface area contributed by atoms with E-state index in [4.69, 9.17) is 11.6 Å². The summed E-state index contributed by atoms with van der Waals surface area (Å²) in [6, 6.07) is 19.5. The number of hydrogen-bond donors (Lipinski definition) is 0. The van der Waals surface area contributed by atoms with Crippen molar-refractivity contribution in [1.29, 1.82) is 0 Å². The first-order valence-electron chi connectivity index (χ1n) is 10.3. The van der Waals surface area contributed by atoms with Gasteiger partial charge in [0.05, 0.1) is 13.1 Å². The molecule has 32 heavy (non-hydrogen) atoms. The van der Waals surface area contributed by atoms with E-state index in [1.165, 1.54) is 11.3 Å². The zero-order valence-electron chi connectivity index (χ0n) is 17.2. The van der Waals surface area contributed by atoms with Crippen LogP contribution in [0.15, 0.2) is 77.3 Å². The molecule has 0 aliphatic carbocycles. The van der Waals surface area contributed by atoms with Gasteiger partial charge in [0.1, 0.15) is 4.21 Å². The van der Waals surface area contributed by atoms with Crippen LogP contribution in [0, 0.1) is 0 Å². The number of hydrogen-bond acceptors (Lipinski definition) is 4. The topological polar surface area (TPSA) is 53.3 Å². The third-order valence-electron chi connectivity index (χ3n) is 5.58. The van der Waals surface area contributed by atoms with Crippen LogP contribution in [0.1, 0.15) is 5.56 Å². The van der Waals surface area contributed by atoms with E-state index in [-0.39, 0.29) is 0 Å². The Labute approximate surface area is 196 Å². The predicted octanol–water partition coefficient (Wildman–Crippen LogP) is 4.75. The van der Waals surface area contributed by atoms with Crippen LogP contribution in [-0.4, -0.2) is 54.7 Å². The molecule has 0 atom stereocenters. The minimum absolute atomic E-state index is 0.374. The van der Waals surface area contributed by atoms with Crippen molar-refractivity contribution in [2.24, 2.45) is 0 Å². The lowest BCUT2D eigenvalue weighted by molar-refractivity contribution is -0.532. The second-order valence-electron chi connectivity index (χ2n) is 7.67. The van der Waals surface area contributed by atoms with Gasteiger partial charge in [0.25, 0.3) is 10.0 Å². The molecule has 0 amide bonds. The summed E-state index contributed by atoms with van der Waals surface area (Å²) in [6.07, 6.45) is 5.68. The van der Waals surface area contributed by atoms with E-state index in [1.54, 1.807) is 28.8 Å². The van der Waals surface area contributed by atoms with Gasteiger partial charge in [-0.05, 0) is 59.0 Å². The zero-order valence-corrected chi connectivity index (χ0v) is 19.6. The van der Waals surface area contributed by atoms with E-state index in [9.17, 15) is 8.42 Å². The van der Waals surface area contributed by atoms with Crippen LogP contribution >= 0.6 is 22.9 Å². The first-order valence-corrected chi connectivity index (χ1v) is 12.9. The Morgan fingerprint density at radius 3 is 2.34 bits per heavy atom. The number of benzene rings is 2. The van der Waals surface area contributed by atoms with Gasteiger partial charge in [-0.25, -0.2) is 13.0 Å². The number of nitrogens with zero attached hydrogens (tertiary/aromatic N) is 3. The molecule has 0 saturated carbocycles. The average molecular weight is 483 g/mol. The van der Waals surface area contributed by atoms with Crippen molar-refractivity contribution in [3.8, 4) is 11.1 Å². The normalized spacial score (nSPS) is 15.2. The minimum Gasteiger partial charge on any atom is -0.265 e. The Hall–Kier alpha value is -2.58. The number of sulfonamides is 1.